The largest absolute Gasteiger partial charge is 0.481 e. The summed E-state index contributed by atoms with van der Waals surface area (Å²) in [6.07, 6.45) is 2.81. The zero-order valence-corrected chi connectivity index (χ0v) is 21.5. The van der Waals surface area contributed by atoms with Gasteiger partial charge in [-0.05, 0) is 50.1 Å². The van der Waals surface area contributed by atoms with Gasteiger partial charge in [0.2, 0.25) is 11.8 Å². The lowest BCUT2D eigenvalue weighted by Gasteiger charge is -2.35. The van der Waals surface area contributed by atoms with Gasteiger partial charge in [0.1, 0.15) is 5.52 Å². The summed E-state index contributed by atoms with van der Waals surface area (Å²) in [6.45, 7) is 3.67. The zero-order chi connectivity index (χ0) is 25.5. The molecule has 0 spiro atoms. The Labute approximate surface area is 218 Å². The number of nitrogens with zero attached hydrogens (tertiary/aromatic N) is 4. The minimum absolute atomic E-state index is 0.0349. The molecule has 6 rings (SSSR count). The van der Waals surface area contributed by atoms with E-state index in [0.29, 0.717) is 17.3 Å². The Morgan fingerprint density at radius 1 is 1.16 bits per heavy atom. The molecule has 2 aromatic heterocycles. The highest BCUT2D eigenvalue weighted by Gasteiger charge is 2.41. The van der Waals surface area contributed by atoms with Gasteiger partial charge in [-0.3, -0.25) is 20.0 Å². The molecule has 2 unspecified atom stereocenters. The molecular formula is C26H28N6O4S. The van der Waals surface area contributed by atoms with Crippen LogP contribution in [-0.2, 0) is 9.53 Å². The highest BCUT2D eigenvalue weighted by atomic mass is 32.2. The van der Waals surface area contributed by atoms with Crippen molar-refractivity contribution < 1.29 is 19.1 Å². The summed E-state index contributed by atoms with van der Waals surface area (Å²) in [4.78, 5) is 38.7. The number of amides is 2. The van der Waals surface area contributed by atoms with E-state index >= 15 is 0 Å². The highest BCUT2D eigenvalue weighted by molar-refractivity contribution is 8.00. The first kappa shape index (κ1) is 23.8. The molecule has 2 fully saturated rings. The number of fused-ring (bicyclic) bond motifs is 2. The number of carbonyl (C=O) groups excluding carboxylic acids is 2. The van der Waals surface area contributed by atoms with Crippen molar-refractivity contribution in [1.29, 1.82) is 0 Å². The number of pyridine rings is 2. The van der Waals surface area contributed by atoms with Crippen molar-refractivity contribution >= 4 is 51.9 Å². The van der Waals surface area contributed by atoms with E-state index in [1.165, 1.54) is 11.8 Å². The van der Waals surface area contributed by atoms with Crippen LogP contribution in [0.15, 0.2) is 47.5 Å². The lowest BCUT2D eigenvalue weighted by Crippen LogP contribution is -2.50. The van der Waals surface area contributed by atoms with Gasteiger partial charge in [-0.15, -0.1) is 11.8 Å². The number of carbonyl (C=O) groups is 2. The minimum atomic E-state index is -0.420. The zero-order valence-electron chi connectivity index (χ0n) is 20.6. The van der Waals surface area contributed by atoms with Crippen molar-refractivity contribution in [3.8, 4) is 5.88 Å². The fraction of sp³-hybridized carbons (Fsp3) is 0.385. The Kier molecular flexibility index (Phi) is 6.25. The number of thioether (sulfide) groups is 1. The molecule has 0 aliphatic carbocycles. The number of cyclic esters (lactones) is 1. The fourth-order valence-corrected chi connectivity index (χ4v) is 5.97. The number of hydrogen-bond donors (Lipinski definition) is 2. The highest BCUT2D eigenvalue weighted by Crippen LogP contribution is 2.37. The van der Waals surface area contributed by atoms with Crippen LogP contribution in [0.4, 0.5) is 21.9 Å². The lowest BCUT2D eigenvalue weighted by atomic mass is 10.0. The summed E-state index contributed by atoms with van der Waals surface area (Å²) in [6, 6.07) is 11.5. The predicted molar refractivity (Wildman–Crippen MR) is 142 cm³/mol. The first-order valence-electron chi connectivity index (χ1n) is 12.4. The second-order valence-corrected chi connectivity index (χ2v) is 10.4. The van der Waals surface area contributed by atoms with Crippen LogP contribution in [0.1, 0.15) is 19.8 Å². The Balaban J connectivity index is 1.11. The van der Waals surface area contributed by atoms with Crippen molar-refractivity contribution in [3.05, 3.63) is 42.6 Å². The standard InChI is InChI=1S/C26H28N6O4S/c1-15-25(36-26(34)32(15)17-3-5-21-19(13-17)29-22(33)14-37-21)28-16-8-11-31(12-9-16)20-7-10-27-18-4-6-23(35-2)30-24(18)20/h3-7,10,13,15-16,25,28H,8-9,11-12,14H2,1-2H3,(H,29,33). The Hall–Kier alpha value is -3.57. The summed E-state index contributed by atoms with van der Waals surface area (Å²) in [5, 5.41) is 6.45. The normalized spacial score (nSPS) is 22.1. The predicted octanol–water partition coefficient (Wildman–Crippen LogP) is 3.61. The Morgan fingerprint density at radius 2 is 2.00 bits per heavy atom. The number of methoxy groups -OCH3 is 1. The molecule has 0 bridgehead atoms. The maximum Gasteiger partial charge on any atom is 0.416 e. The molecule has 3 aliphatic rings. The van der Waals surface area contributed by atoms with E-state index in [2.05, 4.69) is 25.5 Å². The minimum Gasteiger partial charge on any atom is -0.481 e. The molecule has 5 heterocycles. The van der Waals surface area contributed by atoms with Crippen LogP contribution >= 0.6 is 11.8 Å². The number of rotatable bonds is 5. The van der Waals surface area contributed by atoms with Crippen molar-refractivity contribution in [1.82, 2.24) is 15.3 Å². The topological polar surface area (TPSA) is 109 Å². The molecule has 37 heavy (non-hydrogen) atoms. The van der Waals surface area contributed by atoms with Gasteiger partial charge in [0.05, 0.1) is 35.8 Å². The van der Waals surface area contributed by atoms with Gasteiger partial charge >= 0.3 is 6.09 Å². The van der Waals surface area contributed by atoms with Gasteiger partial charge in [0.25, 0.3) is 0 Å². The summed E-state index contributed by atoms with van der Waals surface area (Å²) in [5.41, 5.74) is 4.17. The van der Waals surface area contributed by atoms with Crippen LogP contribution in [0.5, 0.6) is 5.88 Å². The second kappa shape index (κ2) is 9.71. The molecule has 0 saturated carbocycles. The van der Waals surface area contributed by atoms with E-state index < -0.39 is 6.23 Å². The maximum absolute atomic E-state index is 12.8. The molecule has 2 saturated heterocycles. The van der Waals surface area contributed by atoms with Crippen LogP contribution in [0.25, 0.3) is 11.0 Å². The molecule has 3 aromatic rings. The molecule has 2 N–H and O–H groups in total. The van der Waals surface area contributed by atoms with E-state index in [9.17, 15) is 9.59 Å². The van der Waals surface area contributed by atoms with Gasteiger partial charge in [0, 0.05) is 42.0 Å². The van der Waals surface area contributed by atoms with Gasteiger partial charge < -0.3 is 19.7 Å². The summed E-state index contributed by atoms with van der Waals surface area (Å²) in [7, 11) is 1.61. The third-order valence-corrected chi connectivity index (χ3v) is 8.20. The van der Waals surface area contributed by atoms with Gasteiger partial charge in [-0.1, -0.05) is 0 Å². The van der Waals surface area contributed by atoms with Crippen molar-refractivity contribution in [2.24, 2.45) is 0 Å². The van der Waals surface area contributed by atoms with Crippen LogP contribution in [0.3, 0.4) is 0 Å². The molecule has 0 radical (unpaired) electrons. The van der Waals surface area contributed by atoms with Crippen molar-refractivity contribution in [2.45, 2.75) is 43.0 Å². The van der Waals surface area contributed by atoms with Crippen molar-refractivity contribution in [3.63, 3.8) is 0 Å². The first-order valence-corrected chi connectivity index (χ1v) is 13.4. The number of aromatic nitrogens is 2. The quantitative estimate of drug-likeness (QED) is 0.521. The van der Waals surface area contributed by atoms with Crippen molar-refractivity contribution in [2.75, 3.05) is 41.1 Å². The van der Waals surface area contributed by atoms with Crippen LogP contribution in [0.2, 0.25) is 0 Å². The summed E-state index contributed by atoms with van der Waals surface area (Å²) < 4.78 is 11.1. The first-order chi connectivity index (χ1) is 18.0. The van der Waals surface area contributed by atoms with E-state index in [1.807, 2.05) is 49.5 Å². The average Bonchev–Trinajstić information content (AvgIpc) is 3.20. The summed E-state index contributed by atoms with van der Waals surface area (Å²) >= 11 is 1.50. The molecular weight excluding hydrogens is 492 g/mol. The molecule has 2 amide bonds. The van der Waals surface area contributed by atoms with E-state index in [1.54, 1.807) is 12.0 Å². The number of anilines is 3. The molecule has 192 valence electrons. The Bertz CT molecular complexity index is 1360. The molecule has 10 nitrogen and oxygen atoms in total. The second-order valence-electron chi connectivity index (χ2n) is 9.41. The number of hydrogen-bond acceptors (Lipinski definition) is 9. The van der Waals surface area contributed by atoms with Gasteiger partial charge in [-0.2, -0.15) is 0 Å². The molecule has 3 aliphatic heterocycles. The Morgan fingerprint density at radius 3 is 2.81 bits per heavy atom. The third kappa shape index (κ3) is 4.53. The lowest BCUT2D eigenvalue weighted by molar-refractivity contribution is -0.113. The molecule has 11 heteroatoms. The van der Waals surface area contributed by atoms with E-state index in [-0.39, 0.29) is 24.1 Å². The number of benzene rings is 1. The summed E-state index contributed by atoms with van der Waals surface area (Å²) in [5.74, 6) is 0.939. The third-order valence-electron chi connectivity index (χ3n) is 7.13. The van der Waals surface area contributed by atoms with Gasteiger partial charge in [-0.25, -0.2) is 9.78 Å². The van der Waals surface area contributed by atoms with Gasteiger partial charge in [0.15, 0.2) is 6.23 Å². The SMILES string of the molecule is COc1ccc2nccc(N3CCC(NC4OC(=O)N(c5ccc6c(c5)NC(=O)CS6)C4C)CC3)c2n1. The van der Waals surface area contributed by atoms with E-state index in [4.69, 9.17) is 9.47 Å². The average molecular weight is 521 g/mol. The smallest absolute Gasteiger partial charge is 0.416 e. The van der Waals surface area contributed by atoms with Crippen LogP contribution < -0.4 is 25.2 Å². The fourth-order valence-electron chi connectivity index (χ4n) is 5.18. The number of ether oxygens (including phenoxy) is 2. The van der Waals surface area contributed by atoms with E-state index in [0.717, 1.165) is 53.2 Å². The maximum atomic E-state index is 12.8. The number of piperidine rings is 1. The monoisotopic (exact) mass is 520 g/mol. The molecule has 2 atom stereocenters. The number of nitrogens with one attached hydrogen (secondary N) is 2. The van der Waals surface area contributed by atoms with Crippen LogP contribution in [0, 0.1) is 0 Å². The molecule has 1 aromatic carbocycles. The van der Waals surface area contributed by atoms with Crippen LogP contribution in [-0.4, -0.2) is 66.2 Å².